The number of rotatable bonds is 3. The molecule has 0 unspecified atom stereocenters. The highest BCUT2D eigenvalue weighted by Gasteiger charge is 2.26. The van der Waals surface area contributed by atoms with Crippen molar-refractivity contribution in [3.63, 3.8) is 0 Å². The Morgan fingerprint density at radius 2 is 1.08 bits per heavy atom. The van der Waals surface area contributed by atoms with Gasteiger partial charge in [0.05, 0.1) is 0 Å². The van der Waals surface area contributed by atoms with Crippen LogP contribution in [0.4, 0.5) is 0 Å². The zero-order valence-corrected chi connectivity index (χ0v) is 20.1. The fourth-order valence-electron chi connectivity index (χ4n) is 5.35. The number of nitrogens with zero attached hydrogens (tertiary/aromatic N) is 3. The number of hydrogen-bond acceptors (Lipinski definition) is 3. The second-order valence-corrected chi connectivity index (χ2v) is 9.34. The third kappa shape index (κ3) is 3.40. The third-order valence-electron chi connectivity index (χ3n) is 6.90. The van der Waals surface area contributed by atoms with Crippen molar-refractivity contribution in [2.45, 2.75) is 6.42 Å². The second kappa shape index (κ2) is 8.40. The number of hydrogen-bond donors (Lipinski definition) is 0. The Bertz CT molecular complexity index is 1770. The molecule has 7 rings (SSSR count). The van der Waals surface area contributed by atoms with Crippen LogP contribution in [0.2, 0.25) is 5.28 Å². The molecule has 1 aliphatic carbocycles. The molecule has 0 aliphatic heterocycles. The fraction of sp³-hybridized carbons (Fsp3) is 0.0312. The minimum atomic E-state index is 0.190. The minimum Gasteiger partial charge on any atom is -0.208 e. The summed E-state index contributed by atoms with van der Waals surface area (Å²) in [6.07, 6.45) is 0.883. The topological polar surface area (TPSA) is 38.7 Å². The summed E-state index contributed by atoms with van der Waals surface area (Å²) in [7, 11) is 0. The summed E-state index contributed by atoms with van der Waals surface area (Å²) in [6.45, 7) is 0. The van der Waals surface area contributed by atoms with Gasteiger partial charge in [-0.2, -0.15) is 9.97 Å². The Kier molecular flexibility index (Phi) is 4.90. The second-order valence-electron chi connectivity index (χ2n) is 9.00. The van der Waals surface area contributed by atoms with Gasteiger partial charge in [0.2, 0.25) is 5.28 Å². The van der Waals surface area contributed by atoms with Crippen molar-refractivity contribution in [2.75, 3.05) is 0 Å². The lowest BCUT2D eigenvalue weighted by atomic mass is 9.91. The predicted octanol–water partition coefficient (Wildman–Crippen LogP) is 8.25. The highest BCUT2D eigenvalue weighted by molar-refractivity contribution is 6.28. The lowest BCUT2D eigenvalue weighted by Gasteiger charge is -2.14. The van der Waals surface area contributed by atoms with Crippen molar-refractivity contribution < 1.29 is 0 Å². The van der Waals surface area contributed by atoms with Gasteiger partial charge in [-0.05, 0) is 62.2 Å². The van der Waals surface area contributed by atoms with E-state index in [9.17, 15) is 0 Å². The van der Waals surface area contributed by atoms with E-state index in [2.05, 4.69) is 88.8 Å². The first-order chi connectivity index (χ1) is 17.8. The van der Waals surface area contributed by atoms with Crippen LogP contribution in [0.25, 0.3) is 55.8 Å². The van der Waals surface area contributed by atoms with Crippen LogP contribution in [0, 0.1) is 0 Å². The number of halogens is 1. The fourth-order valence-corrected chi connectivity index (χ4v) is 5.51. The third-order valence-corrected chi connectivity index (χ3v) is 7.07. The SMILES string of the molecule is Clc1nc(-c2cccc3c2-c2c(cccc2-c2ccccc2)C3)nc(-c2cccc3ccccc23)n1. The standard InChI is InChI=1S/C32H20ClN3/c33-32-35-30(26-17-6-12-20-11-4-5-15-24(20)26)34-31(36-32)27-18-8-14-23-19-22-13-7-16-25(28(22)29(23)27)21-9-2-1-3-10-21/h1-18H,19H2. The number of fused-ring (bicyclic) bond motifs is 4. The Balaban J connectivity index is 1.45. The van der Waals surface area contributed by atoms with Gasteiger partial charge in [0, 0.05) is 11.1 Å². The maximum atomic E-state index is 6.52. The van der Waals surface area contributed by atoms with E-state index in [1.54, 1.807) is 0 Å². The van der Waals surface area contributed by atoms with Crippen molar-refractivity contribution >= 4 is 22.4 Å². The molecule has 0 radical (unpaired) electrons. The minimum absolute atomic E-state index is 0.190. The lowest BCUT2D eigenvalue weighted by Crippen LogP contribution is -1.99. The average Bonchev–Trinajstić information content (AvgIpc) is 3.32. The lowest BCUT2D eigenvalue weighted by molar-refractivity contribution is 1.07. The molecule has 3 nitrogen and oxygen atoms in total. The van der Waals surface area contributed by atoms with Crippen LogP contribution in [0.15, 0.2) is 109 Å². The largest absolute Gasteiger partial charge is 0.226 e. The van der Waals surface area contributed by atoms with Gasteiger partial charge in [-0.25, -0.2) is 4.98 Å². The Morgan fingerprint density at radius 1 is 0.500 bits per heavy atom. The molecular weight excluding hydrogens is 462 g/mol. The average molecular weight is 482 g/mol. The summed E-state index contributed by atoms with van der Waals surface area (Å²) < 4.78 is 0. The number of benzene rings is 5. The summed E-state index contributed by atoms with van der Waals surface area (Å²) in [5, 5.41) is 2.41. The summed E-state index contributed by atoms with van der Waals surface area (Å²) in [5.74, 6) is 1.17. The first-order valence-corrected chi connectivity index (χ1v) is 12.3. The van der Waals surface area contributed by atoms with Crippen molar-refractivity contribution in [3.05, 3.63) is 126 Å². The molecule has 6 aromatic rings. The monoisotopic (exact) mass is 481 g/mol. The van der Waals surface area contributed by atoms with Gasteiger partial charge in [-0.1, -0.05) is 109 Å². The summed E-state index contributed by atoms with van der Waals surface area (Å²) in [5.41, 5.74) is 9.34. The Morgan fingerprint density at radius 3 is 1.89 bits per heavy atom. The Hall–Kier alpha value is -4.34. The van der Waals surface area contributed by atoms with Gasteiger partial charge >= 0.3 is 0 Å². The molecule has 0 bridgehead atoms. The molecule has 0 spiro atoms. The zero-order valence-electron chi connectivity index (χ0n) is 19.3. The quantitative estimate of drug-likeness (QED) is 0.255. The molecule has 1 heterocycles. The van der Waals surface area contributed by atoms with Gasteiger partial charge in [0.25, 0.3) is 0 Å². The molecule has 0 fully saturated rings. The van der Waals surface area contributed by atoms with Crippen molar-refractivity contribution in [1.82, 2.24) is 15.0 Å². The molecule has 0 N–H and O–H groups in total. The van der Waals surface area contributed by atoms with E-state index in [0.29, 0.717) is 11.6 Å². The van der Waals surface area contributed by atoms with Crippen LogP contribution in [-0.2, 0) is 6.42 Å². The molecule has 0 saturated heterocycles. The normalized spacial score (nSPS) is 11.9. The smallest absolute Gasteiger partial charge is 0.208 e. The van der Waals surface area contributed by atoms with Gasteiger partial charge < -0.3 is 0 Å². The van der Waals surface area contributed by atoms with Crippen LogP contribution in [-0.4, -0.2) is 15.0 Å². The summed E-state index contributed by atoms with van der Waals surface area (Å²) >= 11 is 6.52. The van der Waals surface area contributed by atoms with Gasteiger partial charge in [-0.15, -0.1) is 0 Å². The zero-order chi connectivity index (χ0) is 24.1. The molecular formula is C32H20ClN3. The van der Waals surface area contributed by atoms with Crippen LogP contribution in [0.3, 0.4) is 0 Å². The Labute approximate surface area is 214 Å². The van der Waals surface area contributed by atoms with E-state index < -0.39 is 0 Å². The van der Waals surface area contributed by atoms with E-state index >= 15 is 0 Å². The molecule has 4 heteroatoms. The predicted molar refractivity (Wildman–Crippen MR) is 147 cm³/mol. The molecule has 36 heavy (non-hydrogen) atoms. The van der Waals surface area contributed by atoms with Crippen molar-refractivity contribution in [1.29, 1.82) is 0 Å². The summed E-state index contributed by atoms with van der Waals surface area (Å²) in [6, 6.07) is 37.9. The molecule has 0 saturated carbocycles. The molecule has 1 aromatic heterocycles. The number of aromatic nitrogens is 3. The molecule has 0 atom stereocenters. The molecule has 170 valence electrons. The maximum absolute atomic E-state index is 6.52. The van der Waals surface area contributed by atoms with Gasteiger partial charge in [0.15, 0.2) is 11.6 Å². The van der Waals surface area contributed by atoms with E-state index in [0.717, 1.165) is 28.3 Å². The first-order valence-electron chi connectivity index (χ1n) is 12.0. The van der Waals surface area contributed by atoms with Crippen LogP contribution in [0.5, 0.6) is 0 Å². The molecule has 0 amide bonds. The van der Waals surface area contributed by atoms with Gasteiger partial charge in [0.1, 0.15) is 0 Å². The highest BCUT2D eigenvalue weighted by atomic mass is 35.5. The van der Waals surface area contributed by atoms with Crippen LogP contribution < -0.4 is 0 Å². The van der Waals surface area contributed by atoms with E-state index in [1.165, 1.54) is 33.4 Å². The van der Waals surface area contributed by atoms with Crippen LogP contribution >= 0.6 is 11.6 Å². The maximum Gasteiger partial charge on any atom is 0.226 e. The molecule has 1 aliphatic rings. The van der Waals surface area contributed by atoms with Crippen molar-refractivity contribution in [3.8, 4) is 45.0 Å². The first kappa shape index (κ1) is 21.0. The highest BCUT2D eigenvalue weighted by Crippen LogP contribution is 2.47. The summed E-state index contributed by atoms with van der Waals surface area (Å²) in [4.78, 5) is 14.1. The van der Waals surface area contributed by atoms with Crippen molar-refractivity contribution in [2.24, 2.45) is 0 Å². The van der Waals surface area contributed by atoms with E-state index in [1.807, 2.05) is 30.3 Å². The molecule has 5 aromatic carbocycles. The van der Waals surface area contributed by atoms with Gasteiger partial charge in [-0.3, -0.25) is 0 Å². The van der Waals surface area contributed by atoms with E-state index in [-0.39, 0.29) is 5.28 Å². The van der Waals surface area contributed by atoms with E-state index in [4.69, 9.17) is 16.6 Å². The van der Waals surface area contributed by atoms with Crippen LogP contribution in [0.1, 0.15) is 11.1 Å².